The largest absolute Gasteiger partial charge is 0.356 e. The number of carbonyl (C=O) groups is 1. The van der Waals surface area contributed by atoms with Crippen molar-refractivity contribution in [3.8, 4) is 0 Å². The Labute approximate surface area is 176 Å². The van der Waals surface area contributed by atoms with Gasteiger partial charge in [0.05, 0.1) is 17.3 Å². The van der Waals surface area contributed by atoms with Crippen LogP contribution in [0.15, 0.2) is 47.3 Å². The van der Waals surface area contributed by atoms with Gasteiger partial charge in [-0.3, -0.25) is 18.6 Å². The first-order valence-corrected chi connectivity index (χ1v) is 9.97. The second-order valence-corrected chi connectivity index (χ2v) is 7.51. The van der Waals surface area contributed by atoms with Gasteiger partial charge >= 0.3 is 0 Å². The van der Waals surface area contributed by atoms with E-state index in [2.05, 4.69) is 15.5 Å². The van der Waals surface area contributed by atoms with Gasteiger partial charge < -0.3 is 5.32 Å². The summed E-state index contributed by atoms with van der Waals surface area (Å²) in [6, 6.07) is 12.1. The van der Waals surface area contributed by atoms with Crippen molar-refractivity contribution in [1.29, 1.82) is 0 Å². The SMILES string of the molecule is Cc1cccc(CC(=O)NCCCn2c(=O)c3cccc(F)c3n3c(=S)[nH]nc23)c1. The average Bonchev–Trinajstić information content (AvgIpc) is 3.08. The van der Waals surface area contributed by atoms with Crippen LogP contribution in [-0.2, 0) is 17.8 Å². The van der Waals surface area contributed by atoms with E-state index < -0.39 is 5.82 Å². The molecule has 154 valence electrons. The Hall–Kier alpha value is -3.33. The summed E-state index contributed by atoms with van der Waals surface area (Å²) in [4.78, 5) is 25.1. The van der Waals surface area contributed by atoms with Gasteiger partial charge in [-0.05, 0) is 43.3 Å². The van der Waals surface area contributed by atoms with Gasteiger partial charge in [-0.1, -0.05) is 35.9 Å². The van der Waals surface area contributed by atoms with Crippen molar-refractivity contribution in [3.05, 3.63) is 74.5 Å². The molecule has 0 aliphatic carbocycles. The van der Waals surface area contributed by atoms with E-state index in [1.165, 1.54) is 21.1 Å². The third-order valence-corrected chi connectivity index (χ3v) is 5.18. The molecule has 2 aromatic carbocycles. The predicted molar refractivity (Wildman–Crippen MR) is 115 cm³/mol. The number of amides is 1. The van der Waals surface area contributed by atoms with Crippen LogP contribution in [0, 0.1) is 17.5 Å². The number of H-pyrrole nitrogens is 1. The second-order valence-electron chi connectivity index (χ2n) is 7.13. The Morgan fingerprint density at radius 2 is 2.07 bits per heavy atom. The number of nitrogens with one attached hydrogen (secondary N) is 2. The van der Waals surface area contributed by atoms with Crippen molar-refractivity contribution in [2.24, 2.45) is 0 Å². The number of rotatable bonds is 6. The van der Waals surface area contributed by atoms with Crippen LogP contribution in [0.2, 0.25) is 0 Å². The van der Waals surface area contributed by atoms with Crippen LogP contribution >= 0.6 is 12.2 Å². The summed E-state index contributed by atoms with van der Waals surface area (Å²) in [6.45, 7) is 2.69. The fourth-order valence-electron chi connectivity index (χ4n) is 3.56. The van der Waals surface area contributed by atoms with E-state index in [1.807, 2.05) is 31.2 Å². The summed E-state index contributed by atoms with van der Waals surface area (Å²) in [5.74, 6) is -0.378. The van der Waals surface area contributed by atoms with Gasteiger partial charge in [0.25, 0.3) is 5.56 Å². The molecule has 4 aromatic rings. The molecule has 0 spiro atoms. The molecule has 0 fully saturated rings. The van der Waals surface area contributed by atoms with E-state index in [4.69, 9.17) is 12.2 Å². The topological polar surface area (TPSA) is 84.2 Å². The number of halogens is 1. The molecule has 0 saturated carbocycles. The molecular formula is C21H20FN5O2S. The monoisotopic (exact) mass is 425 g/mol. The van der Waals surface area contributed by atoms with E-state index in [1.54, 1.807) is 6.07 Å². The second kappa shape index (κ2) is 8.19. The minimum atomic E-state index is -0.539. The van der Waals surface area contributed by atoms with Crippen LogP contribution in [0.5, 0.6) is 0 Å². The van der Waals surface area contributed by atoms with Gasteiger partial charge in [0.15, 0.2) is 0 Å². The van der Waals surface area contributed by atoms with Crippen LogP contribution < -0.4 is 10.9 Å². The average molecular weight is 425 g/mol. The van der Waals surface area contributed by atoms with E-state index in [9.17, 15) is 14.0 Å². The summed E-state index contributed by atoms with van der Waals surface area (Å²) in [7, 11) is 0. The van der Waals surface area contributed by atoms with Gasteiger partial charge in [-0.25, -0.2) is 9.49 Å². The fraction of sp³-hybridized carbons (Fsp3) is 0.238. The number of carbonyl (C=O) groups excluding carboxylic acids is 1. The zero-order valence-electron chi connectivity index (χ0n) is 16.3. The maximum Gasteiger partial charge on any atom is 0.262 e. The lowest BCUT2D eigenvalue weighted by molar-refractivity contribution is -0.120. The maximum absolute atomic E-state index is 14.4. The molecule has 2 N–H and O–H groups in total. The smallest absolute Gasteiger partial charge is 0.262 e. The maximum atomic E-state index is 14.4. The molecule has 4 rings (SSSR count). The molecule has 7 nitrogen and oxygen atoms in total. The number of aromatic amines is 1. The molecule has 9 heteroatoms. The van der Waals surface area contributed by atoms with Gasteiger partial charge in [-0.15, -0.1) is 5.10 Å². The standard InChI is InChI=1S/C21H20FN5O2S/c1-13-5-2-6-14(11-13)12-17(28)23-9-4-10-26-19(29)15-7-3-8-16(22)18(15)27-20(26)24-25-21(27)30/h2-3,5-8,11H,4,9-10,12H2,1H3,(H,23,28)(H,25,30). The van der Waals surface area contributed by atoms with E-state index in [0.29, 0.717) is 25.9 Å². The fourth-order valence-corrected chi connectivity index (χ4v) is 3.78. The molecule has 0 bridgehead atoms. The quantitative estimate of drug-likeness (QED) is 0.368. The lowest BCUT2D eigenvalue weighted by Gasteiger charge is -2.11. The normalized spacial score (nSPS) is 11.3. The Balaban J connectivity index is 1.50. The molecule has 0 aliphatic rings. The molecule has 0 radical (unpaired) electrons. The van der Waals surface area contributed by atoms with Gasteiger partial charge in [0, 0.05) is 13.1 Å². The van der Waals surface area contributed by atoms with Crippen molar-refractivity contribution in [2.45, 2.75) is 26.3 Å². The number of nitrogens with zero attached hydrogens (tertiary/aromatic N) is 3. The Morgan fingerprint density at radius 1 is 1.27 bits per heavy atom. The zero-order chi connectivity index (χ0) is 21.3. The lowest BCUT2D eigenvalue weighted by Crippen LogP contribution is -2.29. The van der Waals surface area contributed by atoms with Crippen LogP contribution in [0.4, 0.5) is 4.39 Å². The highest BCUT2D eigenvalue weighted by Gasteiger charge is 2.16. The molecule has 0 atom stereocenters. The third-order valence-electron chi connectivity index (χ3n) is 4.91. The zero-order valence-corrected chi connectivity index (χ0v) is 17.1. The first-order valence-electron chi connectivity index (χ1n) is 9.56. The summed E-state index contributed by atoms with van der Waals surface area (Å²) >= 11 is 5.22. The Kier molecular flexibility index (Phi) is 5.45. The molecule has 0 saturated heterocycles. The van der Waals surface area contributed by atoms with Crippen molar-refractivity contribution in [3.63, 3.8) is 0 Å². The number of aromatic nitrogens is 4. The summed E-state index contributed by atoms with van der Waals surface area (Å²) in [6.07, 6.45) is 0.811. The van der Waals surface area contributed by atoms with Crippen LogP contribution in [-0.4, -0.2) is 31.6 Å². The Morgan fingerprint density at radius 3 is 2.87 bits per heavy atom. The number of benzene rings is 2. The van der Waals surface area contributed by atoms with E-state index >= 15 is 0 Å². The summed E-state index contributed by atoms with van der Waals surface area (Å²) in [5.41, 5.74) is 1.82. The van der Waals surface area contributed by atoms with E-state index in [-0.39, 0.29) is 32.9 Å². The Bertz CT molecular complexity index is 1370. The minimum Gasteiger partial charge on any atom is -0.356 e. The van der Waals surface area contributed by atoms with Crippen molar-refractivity contribution < 1.29 is 9.18 Å². The van der Waals surface area contributed by atoms with Gasteiger partial charge in [-0.2, -0.15) is 0 Å². The molecule has 0 aliphatic heterocycles. The van der Waals surface area contributed by atoms with Crippen LogP contribution in [0.3, 0.4) is 0 Å². The van der Waals surface area contributed by atoms with Crippen molar-refractivity contribution in [2.75, 3.05) is 6.54 Å². The number of aryl methyl sites for hydroxylation is 2. The molecule has 2 aromatic heterocycles. The summed E-state index contributed by atoms with van der Waals surface area (Å²) in [5, 5.41) is 9.82. The lowest BCUT2D eigenvalue weighted by atomic mass is 10.1. The van der Waals surface area contributed by atoms with Crippen molar-refractivity contribution in [1.82, 2.24) is 24.5 Å². The minimum absolute atomic E-state index is 0.0827. The number of fused-ring (bicyclic) bond motifs is 3. The van der Waals surface area contributed by atoms with Crippen LogP contribution in [0.1, 0.15) is 17.5 Å². The van der Waals surface area contributed by atoms with Crippen LogP contribution in [0.25, 0.3) is 16.7 Å². The molecule has 30 heavy (non-hydrogen) atoms. The van der Waals surface area contributed by atoms with Gasteiger partial charge in [0.1, 0.15) is 5.82 Å². The summed E-state index contributed by atoms with van der Waals surface area (Å²) < 4.78 is 17.5. The molecule has 0 unspecified atom stereocenters. The highest BCUT2D eigenvalue weighted by atomic mass is 32.1. The molecule has 2 heterocycles. The molecular weight excluding hydrogens is 405 g/mol. The van der Waals surface area contributed by atoms with Gasteiger partial charge in [0.2, 0.25) is 16.5 Å². The first kappa shape index (κ1) is 20.0. The number of hydrogen-bond donors (Lipinski definition) is 2. The van der Waals surface area contributed by atoms with Crippen molar-refractivity contribution >= 4 is 34.8 Å². The predicted octanol–water partition coefficient (Wildman–Crippen LogP) is 2.90. The van der Waals surface area contributed by atoms with E-state index in [0.717, 1.165) is 11.1 Å². The highest BCUT2D eigenvalue weighted by molar-refractivity contribution is 7.71. The molecule has 1 amide bonds. The first-order chi connectivity index (χ1) is 14.5. The number of hydrogen-bond acceptors (Lipinski definition) is 4. The highest BCUT2D eigenvalue weighted by Crippen LogP contribution is 2.17. The third kappa shape index (κ3) is 3.76. The number of para-hydroxylation sites is 1.